The third-order valence-corrected chi connectivity index (χ3v) is 8.23. The summed E-state index contributed by atoms with van der Waals surface area (Å²) < 4.78 is 32.6. The van der Waals surface area contributed by atoms with Crippen molar-refractivity contribution in [3.63, 3.8) is 0 Å². The lowest BCUT2D eigenvalue weighted by atomic mass is 10.1. The molecule has 7 nitrogen and oxygen atoms in total. The highest BCUT2D eigenvalue weighted by molar-refractivity contribution is 7.89. The number of amides is 1. The Labute approximate surface area is 175 Å². The number of benzene rings is 1. The van der Waals surface area contributed by atoms with Crippen LogP contribution in [0.3, 0.4) is 0 Å². The van der Waals surface area contributed by atoms with Crippen LogP contribution in [0.5, 0.6) is 0 Å². The van der Waals surface area contributed by atoms with Crippen molar-refractivity contribution < 1.29 is 17.7 Å². The molecule has 1 aliphatic carbocycles. The molecule has 1 aromatic carbocycles. The number of rotatable bonds is 4. The van der Waals surface area contributed by atoms with Crippen molar-refractivity contribution in [1.29, 1.82) is 0 Å². The van der Waals surface area contributed by atoms with E-state index >= 15 is 0 Å². The Morgan fingerprint density at radius 1 is 1.17 bits per heavy atom. The Balaban J connectivity index is 1.43. The summed E-state index contributed by atoms with van der Waals surface area (Å²) in [5.41, 5.74) is 1.38. The number of aromatic nitrogens is 1. The number of sulfonamides is 1. The second-order valence-corrected chi connectivity index (χ2v) is 9.99. The van der Waals surface area contributed by atoms with Crippen molar-refractivity contribution in [2.75, 3.05) is 26.2 Å². The molecule has 2 aromatic rings. The van der Waals surface area contributed by atoms with E-state index < -0.39 is 10.0 Å². The van der Waals surface area contributed by atoms with E-state index in [-0.39, 0.29) is 29.2 Å². The summed E-state index contributed by atoms with van der Waals surface area (Å²) in [5.74, 6) is 0.467. The van der Waals surface area contributed by atoms with Gasteiger partial charge in [-0.1, -0.05) is 35.0 Å². The van der Waals surface area contributed by atoms with E-state index in [1.54, 1.807) is 18.7 Å². The van der Waals surface area contributed by atoms with Gasteiger partial charge in [0, 0.05) is 37.1 Å². The zero-order chi connectivity index (χ0) is 20.8. The maximum Gasteiger partial charge on any atom is 0.248 e. The van der Waals surface area contributed by atoms with Gasteiger partial charge in [0.25, 0.3) is 0 Å². The predicted octanol–water partition coefficient (Wildman–Crippen LogP) is 2.97. The Morgan fingerprint density at radius 2 is 1.93 bits per heavy atom. The fraction of sp³-hybridized carbons (Fsp3) is 0.500. The molecule has 2 atom stereocenters. The molecule has 2 heterocycles. The van der Waals surface area contributed by atoms with Crippen LogP contribution < -0.4 is 0 Å². The fourth-order valence-corrected chi connectivity index (χ4v) is 6.19. The lowest BCUT2D eigenvalue weighted by molar-refractivity contribution is -0.132. The molecule has 0 N–H and O–H groups in total. The van der Waals surface area contributed by atoms with Gasteiger partial charge in [-0.15, -0.1) is 0 Å². The van der Waals surface area contributed by atoms with Gasteiger partial charge in [-0.2, -0.15) is 4.31 Å². The van der Waals surface area contributed by atoms with Crippen LogP contribution in [-0.2, 0) is 14.8 Å². The van der Waals surface area contributed by atoms with Crippen molar-refractivity contribution in [3.8, 4) is 0 Å². The van der Waals surface area contributed by atoms with Crippen LogP contribution in [-0.4, -0.2) is 54.9 Å². The van der Waals surface area contributed by atoms with Crippen molar-refractivity contribution in [1.82, 2.24) is 14.4 Å². The van der Waals surface area contributed by atoms with Gasteiger partial charge in [-0.05, 0) is 44.2 Å². The van der Waals surface area contributed by atoms with Gasteiger partial charge in [0.2, 0.25) is 15.9 Å². The van der Waals surface area contributed by atoms with E-state index in [4.69, 9.17) is 16.1 Å². The molecule has 0 bridgehead atoms. The van der Waals surface area contributed by atoms with Crippen LogP contribution >= 0.6 is 11.6 Å². The van der Waals surface area contributed by atoms with Gasteiger partial charge in [-0.3, -0.25) is 4.79 Å². The molecule has 1 saturated heterocycles. The van der Waals surface area contributed by atoms with E-state index in [1.807, 2.05) is 24.3 Å². The number of carbonyl (C=O) groups is 1. The summed E-state index contributed by atoms with van der Waals surface area (Å²) >= 11 is 6.27. The quantitative estimate of drug-likeness (QED) is 0.734. The van der Waals surface area contributed by atoms with Gasteiger partial charge in [0.15, 0.2) is 5.76 Å². The van der Waals surface area contributed by atoms with E-state index in [9.17, 15) is 13.2 Å². The molecule has 0 spiro atoms. The fourth-order valence-electron chi connectivity index (χ4n) is 4.15. The first-order chi connectivity index (χ1) is 13.8. The van der Waals surface area contributed by atoms with Crippen LogP contribution in [0.25, 0.3) is 0 Å². The van der Waals surface area contributed by atoms with Gasteiger partial charge in [0.05, 0.1) is 0 Å². The van der Waals surface area contributed by atoms with Gasteiger partial charge < -0.3 is 9.42 Å². The summed E-state index contributed by atoms with van der Waals surface area (Å²) in [6, 6.07) is 7.64. The minimum atomic E-state index is -3.69. The molecule has 9 heteroatoms. The van der Waals surface area contributed by atoms with Crippen molar-refractivity contribution in [2.45, 2.75) is 37.5 Å². The molecular weight excluding hydrogens is 414 g/mol. The largest absolute Gasteiger partial charge is 0.360 e. The number of hydrogen-bond donors (Lipinski definition) is 0. The van der Waals surface area contributed by atoms with Crippen LogP contribution in [0, 0.1) is 19.8 Å². The second kappa shape index (κ2) is 7.74. The van der Waals surface area contributed by atoms with Crippen LogP contribution in [0.15, 0.2) is 33.7 Å². The molecule has 1 aliphatic heterocycles. The summed E-state index contributed by atoms with van der Waals surface area (Å²) in [4.78, 5) is 14.9. The van der Waals surface area contributed by atoms with E-state index in [2.05, 4.69) is 5.16 Å². The Morgan fingerprint density at radius 3 is 2.62 bits per heavy atom. The summed E-state index contributed by atoms with van der Waals surface area (Å²) in [6.45, 7) is 4.79. The molecule has 156 valence electrons. The molecule has 2 unspecified atom stereocenters. The zero-order valence-corrected chi connectivity index (χ0v) is 18.0. The molecule has 4 rings (SSSR count). The maximum atomic E-state index is 13.0. The molecular formula is C20H24ClN3O4S. The molecule has 2 aliphatic rings. The highest BCUT2D eigenvalue weighted by Gasteiger charge is 2.47. The Hall–Kier alpha value is -1.90. The van der Waals surface area contributed by atoms with E-state index in [0.717, 1.165) is 12.0 Å². The highest BCUT2D eigenvalue weighted by Crippen LogP contribution is 2.50. The first kappa shape index (κ1) is 20.4. The van der Waals surface area contributed by atoms with Crippen LogP contribution in [0.1, 0.15) is 35.8 Å². The van der Waals surface area contributed by atoms with E-state index in [1.165, 1.54) is 4.31 Å². The molecule has 1 amide bonds. The number of halogens is 1. The number of hydrogen-bond acceptors (Lipinski definition) is 5. The van der Waals surface area contributed by atoms with Crippen LogP contribution in [0.4, 0.5) is 0 Å². The first-order valence-corrected chi connectivity index (χ1v) is 11.6. The maximum absolute atomic E-state index is 13.0. The lowest BCUT2D eigenvalue weighted by Crippen LogP contribution is -2.38. The van der Waals surface area contributed by atoms with Gasteiger partial charge in [-0.25, -0.2) is 8.42 Å². The van der Waals surface area contributed by atoms with Crippen molar-refractivity contribution >= 4 is 27.5 Å². The standard InChI is InChI=1S/C20H24ClN3O4S/c1-13-19(14(2)28-22-13)29(26,27)24-9-5-8-23(10-11-24)20(25)17-12-16(17)15-6-3-4-7-18(15)21/h3-4,6-7,16-17H,5,8-12H2,1-2H3. The lowest BCUT2D eigenvalue weighted by Gasteiger charge is -2.22. The molecule has 2 fully saturated rings. The minimum Gasteiger partial charge on any atom is -0.360 e. The smallest absolute Gasteiger partial charge is 0.248 e. The average molecular weight is 438 g/mol. The van der Waals surface area contributed by atoms with Crippen LogP contribution in [0.2, 0.25) is 5.02 Å². The zero-order valence-electron chi connectivity index (χ0n) is 16.5. The predicted molar refractivity (Wildman–Crippen MR) is 108 cm³/mol. The average Bonchev–Trinajstić information content (AvgIpc) is 3.44. The highest BCUT2D eigenvalue weighted by atomic mass is 35.5. The Bertz CT molecular complexity index is 1020. The second-order valence-electron chi connectivity index (χ2n) is 7.71. The number of nitrogens with zero attached hydrogens (tertiary/aromatic N) is 3. The van der Waals surface area contributed by atoms with Gasteiger partial charge >= 0.3 is 0 Å². The molecule has 0 radical (unpaired) electrons. The molecule has 29 heavy (non-hydrogen) atoms. The van der Waals surface area contributed by atoms with Crippen molar-refractivity contribution in [3.05, 3.63) is 46.3 Å². The van der Waals surface area contributed by atoms with E-state index in [0.29, 0.717) is 42.5 Å². The SMILES string of the molecule is Cc1noc(C)c1S(=O)(=O)N1CCCN(C(=O)C2CC2c2ccccc2Cl)CC1. The molecule has 1 aromatic heterocycles. The normalized spacial score (nSPS) is 23.1. The van der Waals surface area contributed by atoms with Gasteiger partial charge in [0.1, 0.15) is 10.6 Å². The summed E-state index contributed by atoms with van der Waals surface area (Å²) in [5, 5.41) is 4.46. The minimum absolute atomic E-state index is 0.0689. The summed E-state index contributed by atoms with van der Waals surface area (Å²) in [7, 11) is -3.69. The third-order valence-electron chi connectivity index (χ3n) is 5.74. The monoisotopic (exact) mass is 437 g/mol. The summed E-state index contributed by atoms with van der Waals surface area (Å²) in [6.07, 6.45) is 1.39. The topological polar surface area (TPSA) is 83.7 Å². The first-order valence-electron chi connectivity index (χ1n) is 9.77. The molecule has 1 saturated carbocycles. The van der Waals surface area contributed by atoms with Crippen molar-refractivity contribution in [2.24, 2.45) is 5.92 Å². The third kappa shape index (κ3) is 3.81. The number of carbonyl (C=O) groups excluding carboxylic acids is 1. The number of aryl methyl sites for hydroxylation is 2. The Kier molecular flexibility index (Phi) is 5.44.